The number of carbonyl (C=O) groups is 5. The predicted octanol–water partition coefficient (Wildman–Crippen LogP) is -4.79. The Balaban J connectivity index is 6.94. The summed E-state index contributed by atoms with van der Waals surface area (Å²) in [5.74, 6) is -7.40. The Labute approximate surface area is 227 Å². The number of nitrogens with one attached hydrogen (secondary N) is 1. The maximum absolute atomic E-state index is 13.9. The van der Waals surface area contributed by atoms with Gasteiger partial charge in [-0.1, -0.05) is 6.42 Å². The van der Waals surface area contributed by atoms with Crippen LogP contribution >= 0.6 is 0 Å². The van der Waals surface area contributed by atoms with E-state index in [0.29, 0.717) is 19.3 Å². The number of Topliss-reactive ketones (excluding diaryl/α,β-unsaturated/α-hetero) is 1. The number of carbonyl (C=O) groups excluding carboxylic acids is 4. The zero-order chi connectivity index (χ0) is 30.5. The Morgan fingerprint density at radius 3 is 1.72 bits per heavy atom. The lowest BCUT2D eigenvalue weighted by molar-refractivity contribution is -0.176. The summed E-state index contributed by atoms with van der Waals surface area (Å²) in [6.45, 7) is 1.19. The maximum Gasteiger partial charge on any atom is 0.340 e. The predicted molar refractivity (Wildman–Crippen MR) is 139 cm³/mol. The molecule has 0 bridgehead atoms. The molecular formula is C23H45N7O9. The summed E-state index contributed by atoms with van der Waals surface area (Å²) in [6.07, 6.45) is -1.92. The van der Waals surface area contributed by atoms with Crippen LogP contribution in [0.1, 0.15) is 52.4 Å². The molecule has 0 saturated carbocycles. The molecule has 15 N–H and O–H groups in total. The first-order chi connectivity index (χ1) is 18.1. The van der Waals surface area contributed by atoms with Crippen LogP contribution in [0.3, 0.4) is 0 Å². The van der Waals surface area contributed by atoms with Gasteiger partial charge >= 0.3 is 5.97 Å². The third kappa shape index (κ3) is 9.54. The first-order valence-electron chi connectivity index (χ1n) is 12.7. The van der Waals surface area contributed by atoms with E-state index in [9.17, 15) is 44.4 Å². The van der Waals surface area contributed by atoms with Gasteiger partial charge in [-0.15, -0.1) is 0 Å². The summed E-state index contributed by atoms with van der Waals surface area (Å²) in [5.41, 5.74) is 25.0. The van der Waals surface area contributed by atoms with Crippen molar-refractivity contribution in [3.63, 3.8) is 0 Å². The van der Waals surface area contributed by atoms with Crippen LogP contribution in [0.4, 0.5) is 0 Å². The van der Waals surface area contributed by atoms with E-state index in [1.807, 2.05) is 0 Å². The van der Waals surface area contributed by atoms with Gasteiger partial charge in [-0.2, -0.15) is 0 Å². The summed E-state index contributed by atoms with van der Waals surface area (Å²) in [7, 11) is 0. The van der Waals surface area contributed by atoms with Crippen LogP contribution in [0, 0.1) is 0 Å². The van der Waals surface area contributed by atoms with E-state index in [0.717, 1.165) is 6.92 Å². The molecule has 0 rings (SSSR count). The van der Waals surface area contributed by atoms with Crippen LogP contribution in [0.25, 0.3) is 0 Å². The first-order valence-corrected chi connectivity index (χ1v) is 12.7. The molecule has 7 unspecified atom stereocenters. The number of nitrogens with two attached hydrogens (primary N) is 5. The summed E-state index contributed by atoms with van der Waals surface area (Å²) >= 11 is 0. The number of imide groups is 1. The second-order valence-corrected chi connectivity index (χ2v) is 9.47. The third-order valence-electron chi connectivity index (χ3n) is 6.31. The van der Waals surface area contributed by atoms with E-state index in [4.69, 9.17) is 28.7 Å². The Kier molecular flexibility index (Phi) is 16.1. The molecular weight excluding hydrogens is 518 g/mol. The molecule has 0 aliphatic rings. The van der Waals surface area contributed by atoms with Gasteiger partial charge in [0, 0.05) is 0 Å². The highest BCUT2D eigenvalue weighted by Gasteiger charge is 2.58. The van der Waals surface area contributed by atoms with Crippen molar-refractivity contribution in [3.8, 4) is 0 Å². The lowest BCUT2D eigenvalue weighted by Crippen LogP contribution is -2.73. The second kappa shape index (κ2) is 17.2. The van der Waals surface area contributed by atoms with Gasteiger partial charge in [-0.05, 0) is 59.0 Å². The van der Waals surface area contributed by atoms with Crippen molar-refractivity contribution in [2.24, 2.45) is 28.7 Å². The number of aliphatic carboxylic acids is 1. The average Bonchev–Trinajstić information content (AvgIpc) is 2.88. The summed E-state index contributed by atoms with van der Waals surface area (Å²) < 4.78 is 0. The molecule has 16 nitrogen and oxygen atoms in total. The van der Waals surface area contributed by atoms with E-state index >= 15 is 0 Å². The quantitative estimate of drug-likeness (QED) is 0.0521. The highest BCUT2D eigenvalue weighted by Crippen LogP contribution is 2.25. The van der Waals surface area contributed by atoms with E-state index in [1.54, 1.807) is 0 Å². The van der Waals surface area contributed by atoms with Gasteiger partial charge in [-0.3, -0.25) is 24.1 Å². The number of nitrogens with zero attached hydrogens (tertiary/aromatic N) is 1. The Hall–Kier alpha value is -2.57. The fourth-order valence-electron chi connectivity index (χ4n) is 3.71. The Bertz CT molecular complexity index is 843. The number of aliphatic hydroxyl groups is 3. The van der Waals surface area contributed by atoms with Crippen molar-refractivity contribution < 1.29 is 44.4 Å². The van der Waals surface area contributed by atoms with Gasteiger partial charge in [0.25, 0.3) is 5.91 Å². The van der Waals surface area contributed by atoms with E-state index in [-0.39, 0.29) is 37.3 Å². The molecule has 39 heavy (non-hydrogen) atoms. The molecule has 0 fully saturated rings. The van der Waals surface area contributed by atoms with Crippen LogP contribution in [-0.4, -0.2) is 116 Å². The zero-order valence-electron chi connectivity index (χ0n) is 22.5. The number of unbranched alkanes of at least 4 members (excludes halogenated alkanes) is 2. The minimum Gasteiger partial charge on any atom is -0.479 e. The highest BCUT2D eigenvalue weighted by molar-refractivity contribution is 6.18. The van der Waals surface area contributed by atoms with E-state index < -0.39 is 78.0 Å². The van der Waals surface area contributed by atoms with Gasteiger partial charge in [0.2, 0.25) is 17.4 Å². The number of carboxylic acid groups (broad SMARTS) is 1. The SMILES string of the molecule is CC(O)C(N)C(=O)NC(CCCCN)C(=O)N(C(=O)C(N)C(C)O)C(CO)(C(=O)O)C(=O)C(N)CCCCN. The van der Waals surface area contributed by atoms with Crippen molar-refractivity contribution in [1.29, 1.82) is 0 Å². The van der Waals surface area contributed by atoms with Gasteiger partial charge in [-0.25, -0.2) is 4.79 Å². The van der Waals surface area contributed by atoms with Crippen LogP contribution in [0.5, 0.6) is 0 Å². The second-order valence-electron chi connectivity index (χ2n) is 9.47. The molecule has 0 aliphatic heterocycles. The zero-order valence-corrected chi connectivity index (χ0v) is 22.5. The summed E-state index contributed by atoms with van der Waals surface area (Å²) in [4.78, 5) is 65.9. The minimum absolute atomic E-state index is 0.0425. The molecule has 0 saturated heterocycles. The van der Waals surface area contributed by atoms with Crippen molar-refractivity contribution >= 4 is 29.5 Å². The average molecular weight is 564 g/mol. The number of aliphatic hydroxyl groups excluding tert-OH is 3. The lowest BCUT2D eigenvalue weighted by atomic mass is 9.84. The van der Waals surface area contributed by atoms with Crippen molar-refractivity contribution in [1.82, 2.24) is 10.2 Å². The molecule has 0 heterocycles. The molecule has 0 aromatic rings. The number of hydrogen-bond donors (Lipinski definition) is 10. The van der Waals surface area contributed by atoms with Crippen molar-refractivity contribution in [2.45, 2.75) is 94.3 Å². The van der Waals surface area contributed by atoms with Crippen LogP contribution in [0.2, 0.25) is 0 Å². The first kappa shape index (κ1) is 36.4. The molecule has 7 atom stereocenters. The molecule has 3 amide bonds. The lowest BCUT2D eigenvalue weighted by Gasteiger charge is -2.41. The van der Waals surface area contributed by atoms with Crippen LogP contribution in [0.15, 0.2) is 0 Å². The van der Waals surface area contributed by atoms with E-state index in [2.05, 4.69) is 5.32 Å². The summed E-state index contributed by atoms with van der Waals surface area (Å²) in [5, 5.41) is 42.3. The molecule has 0 radical (unpaired) electrons. The molecule has 0 spiro atoms. The monoisotopic (exact) mass is 563 g/mol. The normalized spacial score (nSPS) is 17.6. The fraction of sp³-hybridized carbons (Fsp3) is 0.783. The highest BCUT2D eigenvalue weighted by atomic mass is 16.4. The fourth-order valence-corrected chi connectivity index (χ4v) is 3.71. The number of amides is 3. The maximum atomic E-state index is 13.9. The number of hydrogen-bond acceptors (Lipinski definition) is 13. The molecule has 0 aliphatic carbocycles. The number of rotatable bonds is 19. The standard InChI is InChI=1S/C23H45N7O9/c1-12(32)16(27)19(35)29-15(8-4-6-10-25)20(36)30(21(37)17(28)13(2)33)23(11-31,22(38)39)18(34)14(26)7-3-5-9-24/h12-17,31-33H,3-11,24-28H2,1-2H3,(H,29,35)(H,38,39). The molecule has 0 aromatic carbocycles. The minimum atomic E-state index is -3.24. The Morgan fingerprint density at radius 1 is 0.821 bits per heavy atom. The van der Waals surface area contributed by atoms with Crippen molar-refractivity contribution in [2.75, 3.05) is 19.7 Å². The van der Waals surface area contributed by atoms with Gasteiger partial charge < -0.3 is 54.4 Å². The van der Waals surface area contributed by atoms with Gasteiger partial charge in [0.1, 0.15) is 18.1 Å². The molecule has 226 valence electrons. The van der Waals surface area contributed by atoms with Crippen LogP contribution in [-0.2, 0) is 24.0 Å². The molecule has 16 heteroatoms. The van der Waals surface area contributed by atoms with Crippen molar-refractivity contribution in [3.05, 3.63) is 0 Å². The largest absolute Gasteiger partial charge is 0.479 e. The third-order valence-corrected chi connectivity index (χ3v) is 6.31. The topological polar surface area (TPSA) is 312 Å². The smallest absolute Gasteiger partial charge is 0.340 e. The number of ketones is 1. The molecule has 0 aromatic heterocycles. The Morgan fingerprint density at radius 2 is 1.31 bits per heavy atom. The van der Waals surface area contributed by atoms with E-state index in [1.165, 1.54) is 6.92 Å². The van der Waals surface area contributed by atoms with Gasteiger partial charge in [0.05, 0.1) is 24.9 Å². The van der Waals surface area contributed by atoms with Gasteiger partial charge in [0.15, 0.2) is 5.78 Å². The number of carboxylic acids is 1. The van der Waals surface area contributed by atoms with Crippen LogP contribution < -0.4 is 34.0 Å². The summed E-state index contributed by atoms with van der Waals surface area (Å²) in [6, 6.07) is -6.61.